The van der Waals surface area contributed by atoms with Crippen LogP contribution in [0, 0.1) is 0 Å². The first-order valence-electron chi connectivity index (χ1n) is 13.0. The molecule has 8 heteroatoms. The lowest BCUT2D eigenvalue weighted by molar-refractivity contribution is -0.136. The van der Waals surface area contributed by atoms with Crippen molar-refractivity contribution in [2.24, 2.45) is 0 Å². The summed E-state index contributed by atoms with van der Waals surface area (Å²) >= 11 is 0. The molecule has 5 rings (SSSR count). The van der Waals surface area contributed by atoms with Crippen LogP contribution in [0.3, 0.4) is 0 Å². The maximum absolute atomic E-state index is 13.0. The zero-order valence-corrected chi connectivity index (χ0v) is 18.0. The molecule has 1 N–H and O–H groups in total. The van der Waals surface area contributed by atoms with Gasteiger partial charge in [-0.05, 0) is 29.7 Å². The second-order valence-corrected chi connectivity index (χ2v) is 8.16. The van der Waals surface area contributed by atoms with E-state index in [9.17, 15) is 14.4 Å². The van der Waals surface area contributed by atoms with Crippen molar-refractivity contribution in [3.8, 4) is 5.75 Å². The number of carbonyl (C=O) groups excluding carboxylic acids is 3. The summed E-state index contributed by atoms with van der Waals surface area (Å²) in [6.45, 7) is -1.19. The van der Waals surface area contributed by atoms with Crippen LogP contribution < -0.4 is 10.1 Å². The number of nitrogens with zero attached hydrogens (tertiary/aromatic N) is 2. The molecule has 33 heavy (non-hydrogen) atoms. The van der Waals surface area contributed by atoms with E-state index in [1.807, 2.05) is 0 Å². The van der Waals surface area contributed by atoms with Gasteiger partial charge in [-0.15, -0.1) is 0 Å². The number of hydrogen-bond acceptors (Lipinski definition) is 6. The average molecular weight is 454 g/mol. The van der Waals surface area contributed by atoms with Gasteiger partial charge in [0.2, 0.25) is 11.8 Å². The normalized spacial score (nSPS) is 24.3. The van der Waals surface area contributed by atoms with Crippen LogP contribution in [0.2, 0.25) is 0 Å². The topological polar surface area (TPSA) is 88.2 Å². The summed E-state index contributed by atoms with van der Waals surface area (Å²) in [4.78, 5) is 39.9. The van der Waals surface area contributed by atoms with Crippen LogP contribution >= 0.6 is 0 Å². The number of amides is 3. The monoisotopic (exact) mass is 453 g/mol. The third-order valence-electron chi connectivity index (χ3n) is 5.99. The molecule has 3 heterocycles. The standard InChI is InChI=1S/C25H27N3O5/c29-23-9-8-21(24(30)26-23)28-15-20-19(25(28)31)2-1-3-22(20)33-16-18-6-4-17(5-7-18)14-27-10-12-32-13-11-27/h1-7,21H,8-16H2,(H,26,29,30)/i6D,14D2,16D. The van der Waals surface area contributed by atoms with E-state index in [-0.39, 0.29) is 42.8 Å². The third-order valence-corrected chi connectivity index (χ3v) is 5.99. The SMILES string of the molecule is [2H]c1cc(C([2H])([2H])N2CCOCC2)ccc1C([2H])Oc1cccc2c1CN(C1CCC(=O)NC1=O)C2=O. The van der Waals surface area contributed by atoms with Crippen LogP contribution in [0.4, 0.5) is 0 Å². The van der Waals surface area contributed by atoms with Crippen LogP contribution in [-0.2, 0) is 34.0 Å². The van der Waals surface area contributed by atoms with Crippen molar-refractivity contribution < 1.29 is 29.3 Å². The minimum Gasteiger partial charge on any atom is -0.489 e. The van der Waals surface area contributed by atoms with Crippen molar-refractivity contribution in [1.82, 2.24) is 15.1 Å². The van der Waals surface area contributed by atoms with Crippen LogP contribution in [0.5, 0.6) is 5.75 Å². The Morgan fingerprint density at radius 1 is 1.12 bits per heavy atom. The van der Waals surface area contributed by atoms with Crippen LogP contribution in [-0.4, -0.2) is 59.9 Å². The fourth-order valence-corrected chi connectivity index (χ4v) is 4.23. The van der Waals surface area contributed by atoms with Crippen molar-refractivity contribution in [2.45, 2.75) is 38.5 Å². The van der Waals surface area contributed by atoms with Crippen molar-refractivity contribution in [3.05, 3.63) is 64.7 Å². The van der Waals surface area contributed by atoms with E-state index in [0.717, 1.165) is 0 Å². The predicted molar refractivity (Wildman–Crippen MR) is 119 cm³/mol. The second kappa shape index (κ2) is 9.33. The maximum atomic E-state index is 13.0. The van der Waals surface area contributed by atoms with Gasteiger partial charge in [0.05, 0.1) is 22.5 Å². The number of hydrogen-bond donors (Lipinski definition) is 1. The third kappa shape index (κ3) is 4.62. The molecule has 0 aromatic heterocycles. The van der Waals surface area contributed by atoms with Crippen molar-refractivity contribution >= 4 is 17.7 Å². The van der Waals surface area contributed by atoms with Gasteiger partial charge in [-0.2, -0.15) is 0 Å². The summed E-state index contributed by atoms with van der Waals surface area (Å²) in [5.41, 5.74) is 1.49. The molecular formula is C25H27N3O5. The summed E-state index contributed by atoms with van der Waals surface area (Å²) in [6.07, 6.45) is 0.397. The second-order valence-electron chi connectivity index (χ2n) is 8.16. The van der Waals surface area contributed by atoms with Crippen molar-refractivity contribution in [1.29, 1.82) is 0 Å². The first kappa shape index (κ1) is 17.3. The highest BCUT2D eigenvalue weighted by molar-refractivity contribution is 6.05. The van der Waals surface area contributed by atoms with Crippen molar-refractivity contribution in [2.75, 3.05) is 26.3 Å². The molecule has 2 fully saturated rings. The Kier molecular flexibility index (Phi) is 4.88. The summed E-state index contributed by atoms with van der Waals surface area (Å²) in [7, 11) is 0. The zero-order chi connectivity index (χ0) is 26.3. The van der Waals surface area contributed by atoms with Crippen LogP contribution in [0.25, 0.3) is 0 Å². The number of benzene rings is 2. The van der Waals surface area contributed by atoms with E-state index >= 15 is 0 Å². The van der Waals surface area contributed by atoms with Gasteiger partial charge in [-0.3, -0.25) is 24.6 Å². The molecule has 0 saturated carbocycles. The van der Waals surface area contributed by atoms with E-state index in [0.29, 0.717) is 48.7 Å². The Hall–Kier alpha value is -3.23. The average Bonchev–Trinajstić information content (AvgIpc) is 3.21. The lowest BCUT2D eigenvalue weighted by Gasteiger charge is -2.29. The minimum atomic E-state index is -1.78. The van der Waals surface area contributed by atoms with Gasteiger partial charge < -0.3 is 14.4 Å². The molecule has 0 radical (unpaired) electrons. The summed E-state index contributed by atoms with van der Waals surface area (Å²) in [5.74, 6) is -0.907. The number of ether oxygens (including phenoxy) is 2. The van der Waals surface area contributed by atoms with Gasteiger partial charge in [0.15, 0.2) is 0 Å². The highest BCUT2D eigenvalue weighted by Crippen LogP contribution is 2.34. The molecule has 3 amide bonds. The number of carbonyl (C=O) groups is 3. The lowest BCUT2D eigenvalue weighted by Crippen LogP contribution is -2.52. The molecule has 0 aliphatic carbocycles. The first-order chi connectivity index (χ1) is 17.7. The number of imide groups is 1. The fourth-order valence-electron chi connectivity index (χ4n) is 4.23. The number of morpholine rings is 1. The van der Waals surface area contributed by atoms with Gasteiger partial charge in [-0.25, -0.2) is 0 Å². The van der Waals surface area contributed by atoms with Crippen LogP contribution in [0.15, 0.2) is 42.4 Å². The smallest absolute Gasteiger partial charge is 0.255 e. The van der Waals surface area contributed by atoms with Gasteiger partial charge in [0.25, 0.3) is 5.91 Å². The molecule has 0 bridgehead atoms. The van der Waals surface area contributed by atoms with E-state index in [2.05, 4.69) is 5.32 Å². The largest absolute Gasteiger partial charge is 0.489 e. The van der Waals surface area contributed by atoms with Crippen LogP contribution in [0.1, 0.15) is 45.4 Å². The van der Waals surface area contributed by atoms with E-state index < -0.39 is 25.0 Å². The highest BCUT2D eigenvalue weighted by Gasteiger charge is 2.40. The van der Waals surface area contributed by atoms with Crippen molar-refractivity contribution in [3.63, 3.8) is 0 Å². The minimum absolute atomic E-state index is 0.0246. The number of piperidine rings is 1. The Labute approximate surface area is 198 Å². The number of fused-ring (bicyclic) bond motifs is 1. The predicted octanol–water partition coefficient (Wildman–Crippen LogP) is 1.86. The molecule has 2 saturated heterocycles. The number of nitrogens with one attached hydrogen (secondary N) is 1. The Balaban J connectivity index is 1.34. The Morgan fingerprint density at radius 3 is 2.73 bits per heavy atom. The van der Waals surface area contributed by atoms with Gasteiger partial charge >= 0.3 is 0 Å². The molecule has 2 atom stereocenters. The van der Waals surface area contributed by atoms with E-state index in [1.54, 1.807) is 29.2 Å². The molecule has 2 aromatic carbocycles. The summed E-state index contributed by atoms with van der Waals surface area (Å²) < 4.78 is 45.3. The van der Waals surface area contributed by atoms with Gasteiger partial charge in [0.1, 0.15) is 18.4 Å². The Bertz CT molecular complexity index is 1250. The van der Waals surface area contributed by atoms with Gasteiger partial charge in [0, 0.05) is 39.9 Å². The molecule has 172 valence electrons. The summed E-state index contributed by atoms with van der Waals surface area (Å²) in [6, 6.07) is 8.63. The highest BCUT2D eigenvalue weighted by atomic mass is 16.5. The molecular weight excluding hydrogens is 422 g/mol. The molecule has 0 spiro atoms. The molecule has 2 aromatic rings. The molecule has 3 aliphatic rings. The zero-order valence-electron chi connectivity index (χ0n) is 22.0. The quantitative estimate of drug-likeness (QED) is 0.672. The molecule has 3 aliphatic heterocycles. The molecule has 2 unspecified atom stereocenters. The Morgan fingerprint density at radius 2 is 1.94 bits per heavy atom. The van der Waals surface area contributed by atoms with Gasteiger partial charge in [-0.1, -0.05) is 30.3 Å². The summed E-state index contributed by atoms with van der Waals surface area (Å²) in [5, 5.41) is 2.27. The number of rotatable bonds is 6. The fraction of sp³-hybridized carbons (Fsp3) is 0.400. The van der Waals surface area contributed by atoms with E-state index in [1.165, 1.54) is 17.0 Å². The van der Waals surface area contributed by atoms with E-state index in [4.69, 9.17) is 15.0 Å². The first-order valence-corrected chi connectivity index (χ1v) is 11.0. The molecule has 8 nitrogen and oxygen atoms in total. The maximum Gasteiger partial charge on any atom is 0.255 e. The lowest BCUT2D eigenvalue weighted by atomic mass is 10.0.